The van der Waals surface area contributed by atoms with Gasteiger partial charge in [-0.05, 0) is 67.6 Å². The molecular formula is C23H18ClN3O3S. The van der Waals surface area contributed by atoms with Crippen LogP contribution in [0.4, 0.5) is 5.69 Å². The largest absolute Gasteiger partial charge is 0.457 e. The molecule has 0 bridgehead atoms. The van der Waals surface area contributed by atoms with Gasteiger partial charge in [0, 0.05) is 16.3 Å². The Balaban J connectivity index is 1.28. The first-order valence-corrected chi connectivity index (χ1v) is 10.8. The molecule has 0 atom stereocenters. The minimum atomic E-state index is -0.174. The normalized spacial score (nSPS) is 10.6. The SMILES string of the molecule is Cc1cccc(-c2nnc(SCC(=O)Nc3ccc(Oc4ccc(Cl)cc4)cc3)o2)c1. The minimum absolute atomic E-state index is 0.151. The highest BCUT2D eigenvalue weighted by molar-refractivity contribution is 7.99. The van der Waals surface area contributed by atoms with Crippen LogP contribution in [0.5, 0.6) is 11.5 Å². The smallest absolute Gasteiger partial charge is 0.277 e. The summed E-state index contributed by atoms with van der Waals surface area (Å²) in [5, 5.41) is 11.9. The van der Waals surface area contributed by atoms with Crippen LogP contribution in [0.2, 0.25) is 5.02 Å². The van der Waals surface area contributed by atoms with Gasteiger partial charge >= 0.3 is 0 Å². The molecule has 4 rings (SSSR count). The molecule has 1 N–H and O–H groups in total. The molecule has 1 heterocycles. The molecular weight excluding hydrogens is 434 g/mol. The number of aryl methyl sites for hydroxylation is 1. The zero-order chi connectivity index (χ0) is 21.6. The molecule has 1 amide bonds. The lowest BCUT2D eigenvalue weighted by Gasteiger charge is -2.08. The molecule has 0 radical (unpaired) electrons. The lowest BCUT2D eigenvalue weighted by Crippen LogP contribution is -2.13. The summed E-state index contributed by atoms with van der Waals surface area (Å²) in [6, 6.07) is 22.0. The third-order valence-electron chi connectivity index (χ3n) is 4.19. The van der Waals surface area contributed by atoms with E-state index in [1.54, 1.807) is 48.5 Å². The fourth-order valence-electron chi connectivity index (χ4n) is 2.73. The Morgan fingerprint density at radius 1 is 1.03 bits per heavy atom. The van der Waals surface area contributed by atoms with Crippen molar-refractivity contribution in [2.24, 2.45) is 0 Å². The van der Waals surface area contributed by atoms with Crippen LogP contribution in [-0.4, -0.2) is 21.9 Å². The second-order valence-corrected chi connectivity index (χ2v) is 8.02. The summed E-state index contributed by atoms with van der Waals surface area (Å²) in [5.41, 5.74) is 2.62. The summed E-state index contributed by atoms with van der Waals surface area (Å²) in [7, 11) is 0. The van der Waals surface area contributed by atoms with Crippen molar-refractivity contribution in [1.82, 2.24) is 10.2 Å². The predicted octanol–water partition coefficient (Wildman–Crippen LogP) is 6.22. The third kappa shape index (κ3) is 5.87. The summed E-state index contributed by atoms with van der Waals surface area (Å²) < 4.78 is 11.4. The van der Waals surface area contributed by atoms with Gasteiger partial charge in [-0.15, -0.1) is 10.2 Å². The number of hydrogen-bond donors (Lipinski definition) is 1. The molecule has 0 fully saturated rings. The Kier molecular flexibility index (Phi) is 6.54. The van der Waals surface area contributed by atoms with Crippen molar-refractivity contribution in [1.29, 1.82) is 0 Å². The number of halogens is 1. The predicted molar refractivity (Wildman–Crippen MR) is 122 cm³/mol. The summed E-state index contributed by atoms with van der Waals surface area (Å²) >= 11 is 7.06. The van der Waals surface area contributed by atoms with Gasteiger partial charge in [0.15, 0.2) is 0 Å². The number of benzene rings is 3. The quantitative estimate of drug-likeness (QED) is 0.336. The van der Waals surface area contributed by atoms with E-state index in [0.29, 0.717) is 33.3 Å². The zero-order valence-corrected chi connectivity index (χ0v) is 18.1. The number of hydrogen-bond acceptors (Lipinski definition) is 6. The molecule has 6 nitrogen and oxygen atoms in total. The Hall–Kier alpha value is -3.29. The van der Waals surface area contributed by atoms with Gasteiger partial charge in [0.25, 0.3) is 5.22 Å². The van der Waals surface area contributed by atoms with Crippen LogP contribution in [0.3, 0.4) is 0 Å². The summed E-state index contributed by atoms with van der Waals surface area (Å²) in [5.74, 6) is 1.75. The van der Waals surface area contributed by atoms with E-state index in [1.807, 2.05) is 31.2 Å². The summed E-state index contributed by atoms with van der Waals surface area (Å²) in [6.07, 6.45) is 0. The average Bonchev–Trinajstić information content (AvgIpc) is 3.25. The molecule has 4 aromatic rings. The molecule has 0 saturated carbocycles. The molecule has 0 aliphatic rings. The van der Waals surface area contributed by atoms with Gasteiger partial charge in [-0.25, -0.2) is 0 Å². The van der Waals surface area contributed by atoms with Crippen LogP contribution < -0.4 is 10.1 Å². The average molecular weight is 452 g/mol. The van der Waals surface area contributed by atoms with Crippen molar-refractivity contribution >= 4 is 35.0 Å². The maximum Gasteiger partial charge on any atom is 0.277 e. The fourth-order valence-corrected chi connectivity index (χ4v) is 3.42. The molecule has 31 heavy (non-hydrogen) atoms. The Morgan fingerprint density at radius 2 is 1.74 bits per heavy atom. The monoisotopic (exact) mass is 451 g/mol. The number of nitrogens with one attached hydrogen (secondary N) is 1. The number of carbonyl (C=O) groups excluding carboxylic acids is 1. The van der Waals surface area contributed by atoms with E-state index < -0.39 is 0 Å². The van der Waals surface area contributed by atoms with Gasteiger partial charge < -0.3 is 14.5 Å². The number of nitrogens with zero attached hydrogens (tertiary/aromatic N) is 2. The zero-order valence-electron chi connectivity index (χ0n) is 16.5. The van der Waals surface area contributed by atoms with E-state index in [4.69, 9.17) is 20.8 Å². The highest BCUT2D eigenvalue weighted by Crippen LogP contribution is 2.26. The van der Waals surface area contributed by atoms with E-state index in [1.165, 1.54) is 11.8 Å². The van der Waals surface area contributed by atoms with Crippen LogP contribution >= 0.6 is 23.4 Å². The number of anilines is 1. The second-order valence-electron chi connectivity index (χ2n) is 6.66. The van der Waals surface area contributed by atoms with Crippen molar-refractivity contribution in [3.05, 3.63) is 83.4 Å². The van der Waals surface area contributed by atoms with Crippen molar-refractivity contribution in [3.8, 4) is 23.0 Å². The molecule has 8 heteroatoms. The topological polar surface area (TPSA) is 77.2 Å². The number of aromatic nitrogens is 2. The van der Waals surface area contributed by atoms with E-state index >= 15 is 0 Å². The van der Waals surface area contributed by atoms with Gasteiger partial charge in [-0.1, -0.05) is 41.1 Å². The molecule has 0 saturated heterocycles. The van der Waals surface area contributed by atoms with Crippen LogP contribution in [0.15, 0.2) is 82.4 Å². The van der Waals surface area contributed by atoms with E-state index in [2.05, 4.69) is 15.5 Å². The minimum Gasteiger partial charge on any atom is -0.457 e. The van der Waals surface area contributed by atoms with E-state index in [9.17, 15) is 4.79 Å². The number of ether oxygens (including phenoxy) is 1. The molecule has 0 spiro atoms. The third-order valence-corrected chi connectivity index (χ3v) is 5.26. The molecule has 0 aliphatic carbocycles. The Labute approximate surface area is 188 Å². The second kappa shape index (κ2) is 9.68. The van der Waals surface area contributed by atoms with Crippen LogP contribution in [0.1, 0.15) is 5.56 Å². The van der Waals surface area contributed by atoms with Crippen molar-refractivity contribution in [2.45, 2.75) is 12.1 Å². The number of carbonyl (C=O) groups is 1. The van der Waals surface area contributed by atoms with Gasteiger partial charge in [0.1, 0.15) is 11.5 Å². The number of rotatable bonds is 7. The van der Waals surface area contributed by atoms with E-state index in [0.717, 1.165) is 11.1 Å². The van der Waals surface area contributed by atoms with Gasteiger partial charge in [0.2, 0.25) is 11.8 Å². The van der Waals surface area contributed by atoms with Crippen LogP contribution in [0.25, 0.3) is 11.5 Å². The number of amides is 1. The maximum atomic E-state index is 12.2. The lowest BCUT2D eigenvalue weighted by molar-refractivity contribution is -0.113. The van der Waals surface area contributed by atoms with Crippen molar-refractivity contribution in [3.63, 3.8) is 0 Å². The van der Waals surface area contributed by atoms with Gasteiger partial charge in [-0.3, -0.25) is 4.79 Å². The molecule has 3 aromatic carbocycles. The van der Waals surface area contributed by atoms with Crippen LogP contribution in [0, 0.1) is 6.92 Å². The van der Waals surface area contributed by atoms with Crippen LogP contribution in [-0.2, 0) is 4.79 Å². The highest BCUT2D eigenvalue weighted by Gasteiger charge is 2.11. The maximum absolute atomic E-state index is 12.2. The van der Waals surface area contributed by atoms with Gasteiger partial charge in [-0.2, -0.15) is 0 Å². The standard InChI is InChI=1S/C23H18ClN3O3S/c1-15-3-2-4-16(13-15)22-26-27-23(30-22)31-14-21(28)25-18-7-11-20(12-8-18)29-19-9-5-17(24)6-10-19/h2-13H,14H2,1H3,(H,25,28). The molecule has 156 valence electrons. The highest BCUT2D eigenvalue weighted by atomic mass is 35.5. The van der Waals surface area contributed by atoms with Crippen molar-refractivity contribution < 1.29 is 13.9 Å². The van der Waals surface area contributed by atoms with Gasteiger partial charge in [0.05, 0.1) is 5.75 Å². The van der Waals surface area contributed by atoms with E-state index in [-0.39, 0.29) is 11.7 Å². The Bertz CT molecular complexity index is 1180. The molecule has 1 aromatic heterocycles. The first-order chi connectivity index (χ1) is 15.0. The first-order valence-electron chi connectivity index (χ1n) is 9.42. The first kappa shape index (κ1) is 21.0. The number of thioether (sulfide) groups is 1. The molecule has 0 unspecified atom stereocenters. The lowest BCUT2D eigenvalue weighted by atomic mass is 10.1. The Morgan fingerprint density at radius 3 is 2.45 bits per heavy atom. The molecule has 0 aliphatic heterocycles. The summed E-state index contributed by atoms with van der Waals surface area (Å²) in [4.78, 5) is 12.2. The van der Waals surface area contributed by atoms with Crippen molar-refractivity contribution in [2.75, 3.05) is 11.1 Å². The fraction of sp³-hybridized carbons (Fsp3) is 0.0870. The summed E-state index contributed by atoms with van der Waals surface area (Å²) in [6.45, 7) is 2.00.